The molecule has 0 fully saturated rings. The van der Waals surface area contributed by atoms with Crippen LogP contribution in [0.4, 0.5) is 17.1 Å². The number of hydrogen-bond donors (Lipinski definition) is 2. The van der Waals surface area contributed by atoms with Gasteiger partial charge in [-0.1, -0.05) is 34.1 Å². The highest BCUT2D eigenvalue weighted by Gasteiger charge is 2.18. The second-order valence-electron chi connectivity index (χ2n) is 4.47. The monoisotopic (exact) mass is 349 g/mol. The third-order valence-corrected chi connectivity index (χ3v) is 3.45. The number of anilines is 2. The maximum atomic E-state index is 11.3. The molecule has 6 heteroatoms. The third-order valence-electron chi connectivity index (χ3n) is 2.96. The Labute approximate surface area is 131 Å². The van der Waals surface area contributed by atoms with Crippen LogP contribution in [0.15, 0.2) is 46.9 Å². The summed E-state index contributed by atoms with van der Waals surface area (Å²) in [7, 11) is 0. The molecule has 2 aromatic carbocycles. The fourth-order valence-electron chi connectivity index (χ4n) is 2.06. The number of nitrogens with one attached hydrogen (secondary N) is 2. The van der Waals surface area contributed by atoms with E-state index in [2.05, 4.69) is 26.6 Å². The Kier molecular flexibility index (Phi) is 5.16. The highest BCUT2D eigenvalue weighted by molar-refractivity contribution is 9.10. The molecule has 0 unspecified atom stereocenters. The van der Waals surface area contributed by atoms with Crippen molar-refractivity contribution >= 4 is 33.0 Å². The van der Waals surface area contributed by atoms with E-state index in [0.29, 0.717) is 24.5 Å². The molecule has 2 aromatic rings. The maximum absolute atomic E-state index is 11.3. The van der Waals surface area contributed by atoms with Gasteiger partial charge in [-0.15, -0.1) is 0 Å². The highest BCUT2D eigenvalue weighted by atomic mass is 79.9. The fourth-order valence-corrected chi connectivity index (χ4v) is 2.51. The minimum Gasteiger partial charge on any atom is -0.380 e. The Balaban J connectivity index is 2.23. The predicted octanol–water partition coefficient (Wildman–Crippen LogP) is 4.40. The zero-order chi connectivity index (χ0) is 15.2. The van der Waals surface area contributed by atoms with Crippen LogP contribution in [0, 0.1) is 10.1 Å². The first-order valence-electron chi connectivity index (χ1n) is 6.61. The van der Waals surface area contributed by atoms with Gasteiger partial charge in [0.2, 0.25) is 0 Å². The number of rotatable bonds is 6. The van der Waals surface area contributed by atoms with Gasteiger partial charge in [0, 0.05) is 17.6 Å². The molecule has 0 aliphatic rings. The van der Waals surface area contributed by atoms with Crippen LogP contribution in [0.2, 0.25) is 0 Å². The molecule has 2 rings (SSSR count). The third kappa shape index (κ3) is 3.95. The normalized spacial score (nSPS) is 10.2. The van der Waals surface area contributed by atoms with Crippen molar-refractivity contribution in [2.45, 2.75) is 13.5 Å². The Morgan fingerprint density at radius 1 is 1.14 bits per heavy atom. The lowest BCUT2D eigenvalue weighted by atomic mass is 10.2. The minimum atomic E-state index is -0.360. The van der Waals surface area contributed by atoms with E-state index in [1.54, 1.807) is 18.2 Å². The molecule has 0 spiro atoms. The molecule has 0 bridgehead atoms. The highest BCUT2D eigenvalue weighted by Crippen LogP contribution is 2.33. The molecular formula is C15H16BrN3O2. The van der Waals surface area contributed by atoms with Crippen molar-refractivity contribution < 1.29 is 4.92 Å². The number of benzene rings is 2. The summed E-state index contributed by atoms with van der Waals surface area (Å²) in [6.07, 6.45) is 0. The fraction of sp³-hybridized carbons (Fsp3) is 0.200. The lowest BCUT2D eigenvalue weighted by Crippen LogP contribution is -2.06. The molecule has 2 N–H and O–H groups in total. The van der Waals surface area contributed by atoms with Crippen LogP contribution in [0.3, 0.4) is 0 Å². The zero-order valence-corrected chi connectivity index (χ0v) is 13.2. The molecule has 0 amide bonds. The molecule has 0 aromatic heterocycles. The molecule has 0 aliphatic heterocycles. The smallest absolute Gasteiger partial charge is 0.315 e. The summed E-state index contributed by atoms with van der Waals surface area (Å²) in [5, 5.41) is 17.5. The Hall–Kier alpha value is -2.08. The average Bonchev–Trinajstić information content (AvgIpc) is 2.45. The van der Waals surface area contributed by atoms with Gasteiger partial charge in [-0.2, -0.15) is 0 Å². The van der Waals surface area contributed by atoms with Crippen LogP contribution in [0.25, 0.3) is 0 Å². The van der Waals surface area contributed by atoms with Gasteiger partial charge in [-0.25, -0.2) is 0 Å². The molecule has 110 valence electrons. The molecule has 0 atom stereocenters. The van der Waals surface area contributed by atoms with E-state index in [1.165, 1.54) is 0 Å². The van der Waals surface area contributed by atoms with Gasteiger partial charge >= 0.3 is 5.69 Å². The summed E-state index contributed by atoms with van der Waals surface area (Å²) < 4.78 is 0.984. The molecule has 21 heavy (non-hydrogen) atoms. The van der Waals surface area contributed by atoms with Crippen molar-refractivity contribution in [2.24, 2.45) is 0 Å². The first-order valence-corrected chi connectivity index (χ1v) is 7.40. The predicted molar refractivity (Wildman–Crippen MR) is 88.7 cm³/mol. The van der Waals surface area contributed by atoms with Crippen LogP contribution in [-0.2, 0) is 6.54 Å². The van der Waals surface area contributed by atoms with Crippen molar-refractivity contribution in [1.82, 2.24) is 0 Å². The van der Waals surface area contributed by atoms with E-state index in [1.807, 2.05) is 31.2 Å². The lowest BCUT2D eigenvalue weighted by Gasteiger charge is -2.11. The van der Waals surface area contributed by atoms with Crippen LogP contribution < -0.4 is 10.6 Å². The quantitative estimate of drug-likeness (QED) is 0.599. The van der Waals surface area contributed by atoms with Crippen LogP contribution in [0.5, 0.6) is 0 Å². The first kappa shape index (κ1) is 15.3. The molecule has 0 heterocycles. The molecule has 5 nitrogen and oxygen atoms in total. The van der Waals surface area contributed by atoms with E-state index in [-0.39, 0.29) is 10.6 Å². The molecule has 0 aliphatic carbocycles. The Bertz CT molecular complexity index is 647. The standard InChI is InChI=1S/C15H16BrN3O2/c1-2-17-13-7-4-8-14(15(13)19(20)21)18-10-11-5-3-6-12(16)9-11/h3-9,17-18H,2,10H2,1H3. The number of nitro benzene ring substituents is 1. The minimum absolute atomic E-state index is 0.0781. The summed E-state index contributed by atoms with van der Waals surface area (Å²) in [6, 6.07) is 13.1. The summed E-state index contributed by atoms with van der Waals surface area (Å²) in [5.74, 6) is 0. The van der Waals surface area contributed by atoms with Crippen molar-refractivity contribution in [3.63, 3.8) is 0 Å². The second kappa shape index (κ2) is 7.08. The van der Waals surface area contributed by atoms with Crippen LogP contribution >= 0.6 is 15.9 Å². The second-order valence-corrected chi connectivity index (χ2v) is 5.39. The van der Waals surface area contributed by atoms with E-state index in [0.717, 1.165) is 10.0 Å². The van der Waals surface area contributed by atoms with E-state index in [9.17, 15) is 10.1 Å². The van der Waals surface area contributed by atoms with Crippen molar-refractivity contribution in [1.29, 1.82) is 0 Å². The topological polar surface area (TPSA) is 67.2 Å². The molecule has 0 saturated carbocycles. The largest absolute Gasteiger partial charge is 0.380 e. The summed E-state index contributed by atoms with van der Waals surface area (Å²) in [4.78, 5) is 10.9. The summed E-state index contributed by atoms with van der Waals surface area (Å²) in [6.45, 7) is 3.07. The van der Waals surface area contributed by atoms with Gasteiger partial charge < -0.3 is 10.6 Å². The molecule has 0 radical (unpaired) electrons. The van der Waals surface area contributed by atoms with Gasteiger partial charge in [0.1, 0.15) is 11.4 Å². The number of para-hydroxylation sites is 1. The Morgan fingerprint density at radius 3 is 2.43 bits per heavy atom. The first-order chi connectivity index (χ1) is 10.1. The van der Waals surface area contributed by atoms with Crippen LogP contribution in [-0.4, -0.2) is 11.5 Å². The van der Waals surface area contributed by atoms with Gasteiger partial charge in [0.05, 0.1) is 4.92 Å². The zero-order valence-electron chi connectivity index (χ0n) is 11.6. The maximum Gasteiger partial charge on any atom is 0.315 e. The summed E-state index contributed by atoms with van der Waals surface area (Å²) >= 11 is 3.41. The van der Waals surface area contributed by atoms with Gasteiger partial charge in [0.15, 0.2) is 0 Å². The Morgan fingerprint density at radius 2 is 1.81 bits per heavy atom. The van der Waals surface area contributed by atoms with Gasteiger partial charge in [0.25, 0.3) is 0 Å². The van der Waals surface area contributed by atoms with Crippen molar-refractivity contribution in [2.75, 3.05) is 17.2 Å². The summed E-state index contributed by atoms with van der Waals surface area (Å²) in [5.41, 5.74) is 2.17. The van der Waals surface area contributed by atoms with Crippen LogP contribution in [0.1, 0.15) is 12.5 Å². The van der Waals surface area contributed by atoms with E-state index < -0.39 is 0 Å². The lowest BCUT2D eigenvalue weighted by molar-refractivity contribution is -0.383. The van der Waals surface area contributed by atoms with Crippen molar-refractivity contribution in [3.8, 4) is 0 Å². The van der Waals surface area contributed by atoms with Crippen molar-refractivity contribution in [3.05, 3.63) is 62.6 Å². The number of hydrogen-bond acceptors (Lipinski definition) is 4. The number of halogens is 1. The SMILES string of the molecule is CCNc1cccc(NCc2cccc(Br)c2)c1[N+](=O)[O-]. The number of nitrogens with zero attached hydrogens (tertiary/aromatic N) is 1. The van der Waals surface area contributed by atoms with Gasteiger partial charge in [-0.05, 0) is 36.8 Å². The average molecular weight is 350 g/mol. The van der Waals surface area contributed by atoms with E-state index in [4.69, 9.17) is 0 Å². The van der Waals surface area contributed by atoms with E-state index >= 15 is 0 Å². The van der Waals surface area contributed by atoms with Gasteiger partial charge in [-0.3, -0.25) is 10.1 Å². The molecule has 0 saturated heterocycles. The molecular weight excluding hydrogens is 334 g/mol. The number of nitro groups is 1.